The Balaban J connectivity index is 2.58. The molecule has 3 N–H and O–H groups in total. The van der Waals surface area contributed by atoms with E-state index in [9.17, 15) is 10.2 Å². The van der Waals surface area contributed by atoms with Gasteiger partial charge in [0.25, 0.3) is 0 Å². The van der Waals surface area contributed by atoms with Crippen molar-refractivity contribution in [3.8, 4) is 0 Å². The smallest absolute Gasteiger partial charge is 0.0715 e. The van der Waals surface area contributed by atoms with Gasteiger partial charge in [-0.2, -0.15) is 0 Å². The second-order valence-electron chi connectivity index (χ2n) is 4.34. The largest absolute Gasteiger partial charge is 0.394 e. The zero-order chi connectivity index (χ0) is 11.3. The van der Waals surface area contributed by atoms with Crippen LogP contribution in [0.4, 0.5) is 0 Å². The van der Waals surface area contributed by atoms with Gasteiger partial charge in [0.2, 0.25) is 0 Å². The predicted molar refractivity (Wildman–Crippen MR) is 60.6 cm³/mol. The highest BCUT2D eigenvalue weighted by atomic mass is 16.3. The molecule has 0 fully saturated rings. The summed E-state index contributed by atoms with van der Waals surface area (Å²) in [6.45, 7) is 3.95. The Morgan fingerprint density at radius 1 is 1.27 bits per heavy atom. The lowest BCUT2D eigenvalue weighted by Gasteiger charge is -2.23. The van der Waals surface area contributed by atoms with Crippen molar-refractivity contribution in [3.05, 3.63) is 35.9 Å². The first-order valence-corrected chi connectivity index (χ1v) is 5.14. The average molecular weight is 209 g/mol. The summed E-state index contributed by atoms with van der Waals surface area (Å²) in [6, 6.07) is 9.61. The van der Waals surface area contributed by atoms with Crippen LogP contribution in [0.25, 0.3) is 0 Å². The lowest BCUT2D eigenvalue weighted by atomic mass is 10.1. The fourth-order valence-electron chi connectivity index (χ4n) is 1.35. The van der Waals surface area contributed by atoms with E-state index in [1.807, 2.05) is 30.3 Å². The fraction of sp³-hybridized carbons (Fsp3) is 0.500. The Morgan fingerprint density at radius 2 is 1.87 bits per heavy atom. The fourth-order valence-corrected chi connectivity index (χ4v) is 1.35. The monoisotopic (exact) mass is 209 g/mol. The van der Waals surface area contributed by atoms with Crippen LogP contribution in [0, 0.1) is 0 Å². The summed E-state index contributed by atoms with van der Waals surface area (Å²) in [5, 5.41) is 21.9. The van der Waals surface area contributed by atoms with Crippen LogP contribution in [-0.2, 0) is 0 Å². The molecule has 3 nitrogen and oxygen atoms in total. The highest BCUT2D eigenvalue weighted by molar-refractivity contribution is 5.18. The van der Waals surface area contributed by atoms with Crippen LogP contribution in [0.15, 0.2) is 30.3 Å². The number of nitrogens with one attached hydrogen (secondary N) is 1. The molecular formula is C12H19NO2. The Hall–Kier alpha value is -0.900. The maximum atomic E-state index is 9.56. The summed E-state index contributed by atoms with van der Waals surface area (Å²) in [5.74, 6) is 0. The van der Waals surface area contributed by atoms with Crippen molar-refractivity contribution >= 4 is 0 Å². The number of aliphatic hydroxyl groups is 2. The summed E-state index contributed by atoms with van der Waals surface area (Å²) in [6.07, 6.45) is 0. The first kappa shape index (κ1) is 12.2. The normalized spacial score (nSPS) is 13.9. The van der Waals surface area contributed by atoms with E-state index in [2.05, 4.69) is 5.32 Å². The van der Waals surface area contributed by atoms with E-state index in [4.69, 9.17) is 0 Å². The minimum Gasteiger partial charge on any atom is -0.394 e. The molecule has 1 aromatic carbocycles. The summed E-state index contributed by atoms with van der Waals surface area (Å²) in [4.78, 5) is 0. The average Bonchev–Trinajstić information content (AvgIpc) is 2.19. The zero-order valence-corrected chi connectivity index (χ0v) is 9.27. The van der Waals surface area contributed by atoms with E-state index in [1.54, 1.807) is 13.8 Å². The minimum absolute atomic E-state index is 0.0279. The predicted octanol–water partition coefficient (Wildman–Crippen LogP) is 1.08. The van der Waals surface area contributed by atoms with Crippen LogP contribution >= 0.6 is 0 Å². The van der Waals surface area contributed by atoms with E-state index in [-0.39, 0.29) is 12.6 Å². The molecular weight excluding hydrogens is 190 g/mol. The van der Waals surface area contributed by atoms with Crippen molar-refractivity contribution in [2.45, 2.75) is 25.5 Å². The first-order valence-electron chi connectivity index (χ1n) is 5.14. The Kier molecular flexibility index (Phi) is 4.27. The molecule has 0 spiro atoms. The van der Waals surface area contributed by atoms with Crippen molar-refractivity contribution in [1.82, 2.24) is 5.32 Å². The van der Waals surface area contributed by atoms with Gasteiger partial charge in [0.05, 0.1) is 18.2 Å². The van der Waals surface area contributed by atoms with Gasteiger partial charge >= 0.3 is 0 Å². The molecule has 1 unspecified atom stereocenters. The van der Waals surface area contributed by atoms with Gasteiger partial charge in [0, 0.05) is 6.54 Å². The highest BCUT2D eigenvalue weighted by Crippen LogP contribution is 2.12. The Bertz CT molecular complexity index is 279. The van der Waals surface area contributed by atoms with E-state index < -0.39 is 5.60 Å². The topological polar surface area (TPSA) is 52.5 Å². The third kappa shape index (κ3) is 4.42. The molecule has 0 saturated heterocycles. The summed E-state index contributed by atoms with van der Waals surface area (Å²) < 4.78 is 0. The minimum atomic E-state index is -0.762. The van der Waals surface area contributed by atoms with Crippen LogP contribution in [-0.4, -0.2) is 29.0 Å². The van der Waals surface area contributed by atoms with Gasteiger partial charge in [-0.05, 0) is 19.4 Å². The number of hydrogen-bond donors (Lipinski definition) is 3. The number of aliphatic hydroxyl groups excluding tert-OH is 1. The van der Waals surface area contributed by atoms with E-state index in [1.165, 1.54) is 0 Å². The third-order valence-corrected chi connectivity index (χ3v) is 2.17. The molecule has 1 rings (SSSR count). The van der Waals surface area contributed by atoms with Gasteiger partial charge in [0.15, 0.2) is 0 Å². The second kappa shape index (κ2) is 5.26. The number of hydrogen-bond acceptors (Lipinski definition) is 3. The van der Waals surface area contributed by atoms with Crippen molar-refractivity contribution in [3.63, 3.8) is 0 Å². The van der Waals surface area contributed by atoms with Crippen molar-refractivity contribution in [2.75, 3.05) is 13.2 Å². The molecule has 15 heavy (non-hydrogen) atoms. The van der Waals surface area contributed by atoms with Crippen molar-refractivity contribution < 1.29 is 10.2 Å². The van der Waals surface area contributed by atoms with Gasteiger partial charge in [-0.15, -0.1) is 0 Å². The molecule has 0 aliphatic heterocycles. The molecule has 0 aliphatic carbocycles. The lowest BCUT2D eigenvalue weighted by Crippen LogP contribution is -2.38. The standard InChI is InChI=1S/C12H19NO2/c1-12(2,15)9-13-11(8-14)10-6-4-3-5-7-10/h3-7,11,13-15H,8-9H2,1-2H3. The lowest BCUT2D eigenvalue weighted by molar-refractivity contribution is 0.0729. The van der Waals surface area contributed by atoms with E-state index >= 15 is 0 Å². The van der Waals surface area contributed by atoms with Crippen LogP contribution < -0.4 is 5.32 Å². The SMILES string of the molecule is CC(C)(O)CNC(CO)c1ccccc1. The molecule has 3 heteroatoms. The summed E-state index contributed by atoms with van der Waals surface area (Å²) >= 11 is 0. The molecule has 0 radical (unpaired) electrons. The molecule has 0 bridgehead atoms. The molecule has 84 valence electrons. The van der Waals surface area contributed by atoms with Gasteiger partial charge in [0.1, 0.15) is 0 Å². The summed E-state index contributed by atoms with van der Waals surface area (Å²) in [5.41, 5.74) is 0.270. The Labute approximate surface area is 90.8 Å². The van der Waals surface area contributed by atoms with E-state index in [0.717, 1.165) is 5.56 Å². The quantitative estimate of drug-likeness (QED) is 0.680. The van der Waals surface area contributed by atoms with Crippen LogP contribution in [0.1, 0.15) is 25.5 Å². The highest BCUT2D eigenvalue weighted by Gasteiger charge is 2.16. The second-order valence-corrected chi connectivity index (χ2v) is 4.34. The maximum absolute atomic E-state index is 9.56. The molecule has 0 aromatic heterocycles. The maximum Gasteiger partial charge on any atom is 0.0715 e. The molecule has 0 aliphatic rings. The van der Waals surface area contributed by atoms with Crippen LogP contribution in [0.3, 0.4) is 0 Å². The van der Waals surface area contributed by atoms with Gasteiger partial charge in [-0.3, -0.25) is 0 Å². The van der Waals surface area contributed by atoms with Crippen molar-refractivity contribution in [2.24, 2.45) is 0 Å². The third-order valence-electron chi connectivity index (χ3n) is 2.17. The zero-order valence-electron chi connectivity index (χ0n) is 9.27. The van der Waals surface area contributed by atoms with E-state index in [0.29, 0.717) is 6.54 Å². The van der Waals surface area contributed by atoms with Crippen LogP contribution in [0.2, 0.25) is 0 Å². The van der Waals surface area contributed by atoms with Gasteiger partial charge in [-0.1, -0.05) is 30.3 Å². The molecule has 0 amide bonds. The molecule has 0 heterocycles. The number of benzene rings is 1. The van der Waals surface area contributed by atoms with Gasteiger partial charge in [-0.25, -0.2) is 0 Å². The first-order chi connectivity index (χ1) is 7.03. The Morgan fingerprint density at radius 3 is 2.33 bits per heavy atom. The molecule has 1 aromatic rings. The molecule has 1 atom stereocenters. The molecule has 0 saturated carbocycles. The number of rotatable bonds is 5. The summed E-state index contributed by atoms with van der Waals surface area (Å²) in [7, 11) is 0. The van der Waals surface area contributed by atoms with Gasteiger partial charge < -0.3 is 15.5 Å². The van der Waals surface area contributed by atoms with Crippen molar-refractivity contribution in [1.29, 1.82) is 0 Å². The van der Waals surface area contributed by atoms with Crippen LogP contribution in [0.5, 0.6) is 0 Å².